The Hall–Kier alpha value is -3.06. The summed E-state index contributed by atoms with van der Waals surface area (Å²) in [4.78, 5) is 32.5. The number of esters is 1. The van der Waals surface area contributed by atoms with Crippen molar-refractivity contribution in [2.45, 2.75) is 33.1 Å². The monoisotopic (exact) mass is 429 g/mol. The first-order chi connectivity index (χ1) is 14.3. The number of amides is 1. The van der Waals surface area contributed by atoms with E-state index in [2.05, 4.69) is 15.3 Å². The smallest absolute Gasteiger partial charge is 0.316 e. The lowest BCUT2D eigenvalue weighted by Crippen LogP contribution is -2.31. The summed E-state index contributed by atoms with van der Waals surface area (Å²) in [6.45, 7) is 7.76. The molecule has 2 N–H and O–H groups in total. The zero-order valence-electron chi connectivity index (χ0n) is 17.3. The fraction of sp³-hybridized carbons (Fsp3) is 0.318. The number of carbonyl (C=O) groups is 2. The van der Waals surface area contributed by atoms with Crippen LogP contribution in [0, 0.1) is 0 Å². The van der Waals surface area contributed by atoms with Crippen LogP contribution in [0.4, 0.5) is 5.82 Å². The number of pyridine rings is 1. The number of aromatic amines is 1. The molecule has 1 aromatic carbocycles. The first kappa shape index (κ1) is 21.6. The lowest BCUT2D eigenvalue weighted by atomic mass is 9.85. The van der Waals surface area contributed by atoms with Crippen LogP contribution in [0.2, 0.25) is 5.02 Å². The molecule has 7 nitrogen and oxygen atoms in total. The second-order valence-electron chi connectivity index (χ2n) is 7.22. The first-order valence-corrected chi connectivity index (χ1v) is 10.0. The average Bonchev–Trinajstić information content (AvgIpc) is 3.13. The molecular formula is C22H24ClN3O4. The summed E-state index contributed by atoms with van der Waals surface area (Å²) < 4.78 is 10.8. The summed E-state index contributed by atoms with van der Waals surface area (Å²) in [6.07, 6.45) is 1.54. The summed E-state index contributed by atoms with van der Waals surface area (Å²) in [5.74, 6) is -0.0854. The Bertz CT molecular complexity index is 1090. The van der Waals surface area contributed by atoms with E-state index in [1.54, 1.807) is 51.2 Å². The van der Waals surface area contributed by atoms with E-state index in [1.807, 2.05) is 13.0 Å². The van der Waals surface area contributed by atoms with Crippen LogP contribution in [0.15, 0.2) is 36.5 Å². The maximum Gasteiger partial charge on any atom is 0.316 e. The third-order valence-electron chi connectivity index (χ3n) is 4.72. The maximum atomic E-state index is 12.8. The number of fused-ring (bicyclic) bond motifs is 1. The van der Waals surface area contributed by atoms with E-state index >= 15 is 0 Å². The molecule has 0 saturated carbocycles. The van der Waals surface area contributed by atoms with Crippen LogP contribution in [0.1, 0.15) is 43.7 Å². The molecule has 0 unspecified atom stereocenters. The number of hydrogen-bond donors (Lipinski definition) is 2. The number of carbonyl (C=O) groups excluding carboxylic acids is 2. The number of nitrogens with zero attached hydrogens (tertiary/aromatic N) is 1. The highest BCUT2D eigenvalue weighted by Gasteiger charge is 2.32. The number of hydrogen-bond acceptors (Lipinski definition) is 5. The summed E-state index contributed by atoms with van der Waals surface area (Å²) in [6, 6.07) is 8.76. The number of anilines is 1. The van der Waals surface area contributed by atoms with E-state index < -0.39 is 5.41 Å². The minimum Gasteiger partial charge on any atom is -0.490 e. The largest absolute Gasteiger partial charge is 0.490 e. The molecular weight excluding hydrogens is 406 g/mol. The van der Waals surface area contributed by atoms with Crippen molar-refractivity contribution < 1.29 is 19.1 Å². The summed E-state index contributed by atoms with van der Waals surface area (Å²) >= 11 is 6.01. The van der Waals surface area contributed by atoms with E-state index in [-0.39, 0.29) is 24.3 Å². The zero-order chi connectivity index (χ0) is 21.9. The highest BCUT2D eigenvalue weighted by molar-refractivity contribution is 6.31. The van der Waals surface area contributed by atoms with Gasteiger partial charge in [0.1, 0.15) is 5.69 Å². The van der Waals surface area contributed by atoms with E-state index in [1.165, 1.54) is 0 Å². The van der Waals surface area contributed by atoms with Crippen LogP contribution in [0.5, 0.6) is 5.75 Å². The van der Waals surface area contributed by atoms with Gasteiger partial charge in [-0.3, -0.25) is 9.59 Å². The number of rotatable bonds is 7. The second kappa shape index (κ2) is 8.75. The van der Waals surface area contributed by atoms with Gasteiger partial charge in [-0.25, -0.2) is 4.98 Å². The predicted octanol–water partition coefficient (Wildman–Crippen LogP) is 4.71. The van der Waals surface area contributed by atoms with Crippen LogP contribution in [-0.4, -0.2) is 35.1 Å². The van der Waals surface area contributed by atoms with E-state index in [0.29, 0.717) is 28.6 Å². The minimum atomic E-state index is -0.909. The fourth-order valence-electron chi connectivity index (χ4n) is 2.98. The van der Waals surface area contributed by atoms with Gasteiger partial charge < -0.3 is 19.8 Å². The van der Waals surface area contributed by atoms with Gasteiger partial charge in [0.2, 0.25) is 0 Å². The van der Waals surface area contributed by atoms with Crippen molar-refractivity contribution in [1.29, 1.82) is 0 Å². The number of halogens is 1. The SMILES string of the molecule is CCOC(=O)C(C)(C)c1cnc(NC(=O)c2cc3cc(Cl)ccc3[nH]2)c(OCC)c1. The van der Waals surface area contributed by atoms with E-state index in [4.69, 9.17) is 21.1 Å². The molecule has 8 heteroatoms. The van der Waals surface area contributed by atoms with Crippen LogP contribution in [0.3, 0.4) is 0 Å². The number of H-pyrrole nitrogens is 1. The lowest BCUT2D eigenvalue weighted by molar-refractivity contribution is -0.148. The van der Waals surface area contributed by atoms with Gasteiger partial charge in [0, 0.05) is 22.1 Å². The fourth-order valence-corrected chi connectivity index (χ4v) is 3.16. The Morgan fingerprint density at radius 3 is 2.63 bits per heavy atom. The normalized spacial score (nSPS) is 11.4. The summed E-state index contributed by atoms with van der Waals surface area (Å²) in [5.41, 5.74) is 0.887. The topological polar surface area (TPSA) is 93.3 Å². The Balaban J connectivity index is 1.89. The zero-order valence-corrected chi connectivity index (χ0v) is 18.1. The van der Waals surface area contributed by atoms with Gasteiger partial charge in [-0.2, -0.15) is 0 Å². The molecule has 3 aromatic rings. The molecule has 0 spiro atoms. The molecule has 2 aromatic heterocycles. The van der Waals surface area contributed by atoms with Gasteiger partial charge in [0.05, 0.1) is 18.6 Å². The third kappa shape index (κ3) is 4.41. The predicted molar refractivity (Wildman–Crippen MR) is 116 cm³/mol. The molecule has 2 heterocycles. The van der Waals surface area contributed by atoms with Gasteiger partial charge in [-0.05, 0) is 63.6 Å². The molecule has 0 radical (unpaired) electrons. The summed E-state index contributed by atoms with van der Waals surface area (Å²) in [5, 5.41) is 4.19. The standard InChI is InChI=1S/C22H24ClN3O4/c1-5-29-18-11-14(22(3,4)21(28)30-6-2)12-24-19(18)26-20(27)17-10-13-9-15(23)7-8-16(13)25-17/h7-12,25H,5-6H2,1-4H3,(H,24,26,27). The van der Waals surface area contributed by atoms with Crippen molar-refractivity contribution in [1.82, 2.24) is 9.97 Å². The maximum absolute atomic E-state index is 12.8. The molecule has 0 aliphatic rings. The van der Waals surface area contributed by atoms with Crippen molar-refractivity contribution in [3.63, 3.8) is 0 Å². The van der Waals surface area contributed by atoms with Gasteiger partial charge in [0.15, 0.2) is 11.6 Å². The molecule has 0 atom stereocenters. The van der Waals surface area contributed by atoms with Crippen molar-refractivity contribution in [2.24, 2.45) is 0 Å². The Labute approximate surface area is 179 Å². The first-order valence-electron chi connectivity index (χ1n) is 9.66. The van der Waals surface area contributed by atoms with Gasteiger partial charge >= 0.3 is 5.97 Å². The van der Waals surface area contributed by atoms with Crippen molar-refractivity contribution in [3.05, 3.63) is 52.8 Å². The highest BCUT2D eigenvalue weighted by Crippen LogP contribution is 2.31. The number of nitrogens with one attached hydrogen (secondary N) is 2. The van der Waals surface area contributed by atoms with E-state index in [9.17, 15) is 9.59 Å². The van der Waals surface area contributed by atoms with Crippen LogP contribution in [0.25, 0.3) is 10.9 Å². The molecule has 30 heavy (non-hydrogen) atoms. The molecule has 0 saturated heterocycles. The molecule has 158 valence electrons. The second-order valence-corrected chi connectivity index (χ2v) is 7.65. The average molecular weight is 430 g/mol. The van der Waals surface area contributed by atoms with Crippen molar-refractivity contribution >= 4 is 40.2 Å². The number of ether oxygens (including phenoxy) is 2. The van der Waals surface area contributed by atoms with Gasteiger partial charge in [-0.15, -0.1) is 0 Å². The Morgan fingerprint density at radius 1 is 1.17 bits per heavy atom. The number of benzene rings is 1. The van der Waals surface area contributed by atoms with Crippen molar-refractivity contribution in [3.8, 4) is 5.75 Å². The summed E-state index contributed by atoms with van der Waals surface area (Å²) in [7, 11) is 0. The Morgan fingerprint density at radius 2 is 1.93 bits per heavy atom. The van der Waals surface area contributed by atoms with Crippen LogP contribution >= 0.6 is 11.6 Å². The molecule has 0 aliphatic carbocycles. The van der Waals surface area contributed by atoms with Crippen molar-refractivity contribution in [2.75, 3.05) is 18.5 Å². The number of aromatic nitrogens is 2. The molecule has 0 aliphatic heterocycles. The van der Waals surface area contributed by atoms with Crippen LogP contribution in [-0.2, 0) is 14.9 Å². The molecule has 1 amide bonds. The minimum absolute atomic E-state index is 0.266. The van der Waals surface area contributed by atoms with Gasteiger partial charge in [-0.1, -0.05) is 11.6 Å². The quantitative estimate of drug-likeness (QED) is 0.530. The molecule has 3 rings (SSSR count). The third-order valence-corrected chi connectivity index (χ3v) is 4.95. The highest BCUT2D eigenvalue weighted by atomic mass is 35.5. The lowest BCUT2D eigenvalue weighted by Gasteiger charge is -2.23. The van der Waals surface area contributed by atoms with E-state index in [0.717, 1.165) is 10.9 Å². The van der Waals surface area contributed by atoms with Gasteiger partial charge in [0.25, 0.3) is 5.91 Å². The Kier molecular flexibility index (Phi) is 6.31. The molecule has 0 bridgehead atoms. The van der Waals surface area contributed by atoms with Crippen LogP contribution < -0.4 is 10.1 Å². The molecule has 0 fully saturated rings.